The monoisotopic (exact) mass is 365 g/mol. The van der Waals surface area contributed by atoms with Gasteiger partial charge in [-0.05, 0) is 26.3 Å². The lowest BCUT2D eigenvalue weighted by Gasteiger charge is -2.32. The number of hydrogen-bond donors (Lipinski definition) is 1. The summed E-state index contributed by atoms with van der Waals surface area (Å²) in [4.78, 5) is 28.8. The largest absolute Gasteiger partial charge is 0.340 e. The molecule has 6 heteroatoms. The number of carbonyl (C=O) groups excluding carboxylic acids is 2. The lowest BCUT2D eigenvalue weighted by Crippen LogP contribution is -2.43. The summed E-state index contributed by atoms with van der Waals surface area (Å²) >= 11 is 0. The van der Waals surface area contributed by atoms with Crippen LogP contribution in [0.4, 0.5) is 0 Å². The first kappa shape index (κ1) is 19.7. The Labute approximate surface area is 155 Å². The van der Waals surface area contributed by atoms with E-state index in [9.17, 15) is 9.59 Å². The molecule has 2 fully saturated rings. The van der Waals surface area contributed by atoms with Crippen LogP contribution < -0.4 is 5.73 Å². The second kappa shape index (κ2) is 7.34. The van der Waals surface area contributed by atoms with Crippen LogP contribution in [0.3, 0.4) is 0 Å². The SMILES string of the molecule is CC(C)(C)N1CC(C(=O)N2C[C@@H](N)[C@H](c3ccccc3)C2)CC1=O.Cl. The van der Waals surface area contributed by atoms with Gasteiger partial charge in [0, 0.05) is 43.6 Å². The maximum atomic E-state index is 12.9. The van der Waals surface area contributed by atoms with Crippen molar-refractivity contribution in [1.29, 1.82) is 0 Å². The molecule has 1 aromatic rings. The van der Waals surface area contributed by atoms with E-state index in [2.05, 4.69) is 12.1 Å². The molecule has 0 saturated carbocycles. The molecule has 0 bridgehead atoms. The third-order valence-electron chi connectivity index (χ3n) is 5.19. The van der Waals surface area contributed by atoms with E-state index in [4.69, 9.17) is 5.73 Å². The lowest BCUT2D eigenvalue weighted by atomic mass is 9.95. The Morgan fingerprint density at radius 3 is 2.32 bits per heavy atom. The summed E-state index contributed by atoms with van der Waals surface area (Å²) < 4.78 is 0. The number of rotatable bonds is 2. The number of halogens is 1. The van der Waals surface area contributed by atoms with Crippen molar-refractivity contribution in [3.8, 4) is 0 Å². The van der Waals surface area contributed by atoms with Crippen LogP contribution in [0, 0.1) is 5.92 Å². The molecule has 25 heavy (non-hydrogen) atoms. The first-order chi connectivity index (χ1) is 11.3. The van der Waals surface area contributed by atoms with Crippen molar-refractivity contribution in [2.24, 2.45) is 11.7 Å². The second-order valence-electron chi connectivity index (χ2n) is 8.00. The van der Waals surface area contributed by atoms with Crippen LogP contribution in [-0.4, -0.2) is 52.8 Å². The lowest BCUT2D eigenvalue weighted by molar-refractivity contribution is -0.135. The number of carbonyl (C=O) groups is 2. The molecule has 0 radical (unpaired) electrons. The van der Waals surface area contributed by atoms with Crippen LogP contribution >= 0.6 is 12.4 Å². The molecule has 2 heterocycles. The van der Waals surface area contributed by atoms with Crippen LogP contribution in [0.5, 0.6) is 0 Å². The highest BCUT2D eigenvalue weighted by molar-refractivity contribution is 5.89. The molecule has 0 aliphatic carbocycles. The highest BCUT2D eigenvalue weighted by atomic mass is 35.5. The molecule has 2 N–H and O–H groups in total. The van der Waals surface area contributed by atoms with Crippen molar-refractivity contribution in [1.82, 2.24) is 9.80 Å². The molecule has 1 aromatic carbocycles. The third kappa shape index (κ3) is 3.98. The molecule has 3 rings (SSSR count). The van der Waals surface area contributed by atoms with Crippen LogP contribution in [0.25, 0.3) is 0 Å². The first-order valence-corrected chi connectivity index (χ1v) is 8.67. The topological polar surface area (TPSA) is 66.6 Å². The Balaban J connectivity index is 0.00000225. The van der Waals surface area contributed by atoms with Gasteiger partial charge in [-0.2, -0.15) is 0 Å². The van der Waals surface area contributed by atoms with Gasteiger partial charge < -0.3 is 15.5 Å². The standard InChI is InChI=1S/C19H27N3O2.ClH/c1-19(2,3)22-10-14(9-17(22)23)18(24)21-11-15(16(20)12-21)13-7-5-4-6-8-13;/h4-8,14-16H,9-12,20H2,1-3H3;1H/t14?,15-,16+;/m0./s1. The molecule has 2 amide bonds. The van der Waals surface area contributed by atoms with E-state index in [0.29, 0.717) is 26.1 Å². The van der Waals surface area contributed by atoms with Crippen LogP contribution in [0.15, 0.2) is 30.3 Å². The summed E-state index contributed by atoms with van der Waals surface area (Å²) in [6, 6.07) is 10.1. The van der Waals surface area contributed by atoms with E-state index >= 15 is 0 Å². The number of likely N-dealkylation sites (tertiary alicyclic amines) is 2. The van der Waals surface area contributed by atoms with Crippen molar-refractivity contribution >= 4 is 24.2 Å². The fourth-order valence-electron chi connectivity index (χ4n) is 3.84. The number of amides is 2. The third-order valence-corrected chi connectivity index (χ3v) is 5.19. The Kier molecular flexibility index (Phi) is 5.79. The maximum Gasteiger partial charge on any atom is 0.228 e. The molecule has 2 aliphatic heterocycles. The van der Waals surface area contributed by atoms with Crippen molar-refractivity contribution < 1.29 is 9.59 Å². The molecule has 2 aliphatic rings. The van der Waals surface area contributed by atoms with Gasteiger partial charge in [-0.3, -0.25) is 9.59 Å². The predicted octanol–water partition coefficient (Wildman–Crippen LogP) is 2.01. The zero-order valence-corrected chi connectivity index (χ0v) is 16.0. The summed E-state index contributed by atoms with van der Waals surface area (Å²) in [6.45, 7) is 7.75. The van der Waals surface area contributed by atoms with E-state index in [1.54, 1.807) is 0 Å². The number of nitrogens with zero attached hydrogens (tertiary/aromatic N) is 2. The molecule has 2 saturated heterocycles. The smallest absolute Gasteiger partial charge is 0.228 e. The average Bonchev–Trinajstić information content (AvgIpc) is 3.10. The number of nitrogens with two attached hydrogens (primary N) is 1. The van der Waals surface area contributed by atoms with Crippen molar-refractivity contribution in [2.75, 3.05) is 19.6 Å². The van der Waals surface area contributed by atoms with Crippen molar-refractivity contribution in [3.63, 3.8) is 0 Å². The highest BCUT2D eigenvalue weighted by Gasteiger charge is 2.43. The minimum Gasteiger partial charge on any atom is -0.340 e. The van der Waals surface area contributed by atoms with Gasteiger partial charge in [0.2, 0.25) is 11.8 Å². The molecule has 5 nitrogen and oxygen atoms in total. The highest BCUT2D eigenvalue weighted by Crippen LogP contribution is 2.31. The van der Waals surface area contributed by atoms with Gasteiger partial charge in [0.15, 0.2) is 0 Å². The summed E-state index contributed by atoms with van der Waals surface area (Å²) in [5.41, 5.74) is 7.23. The Morgan fingerprint density at radius 2 is 1.76 bits per heavy atom. The molecule has 138 valence electrons. The van der Waals surface area contributed by atoms with E-state index < -0.39 is 0 Å². The molecular formula is C19H28ClN3O2. The van der Waals surface area contributed by atoms with E-state index in [0.717, 1.165) is 0 Å². The minimum atomic E-state index is -0.238. The zero-order chi connectivity index (χ0) is 17.5. The number of benzene rings is 1. The Hall–Kier alpha value is -1.59. The predicted molar refractivity (Wildman–Crippen MR) is 101 cm³/mol. The molecular weight excluding hydrogens is 338 g/mol. The number of hydrogen-bond acceptors (Lipinski definition) is 3. The van der Waals surface area contributed by atoms with Gasteiger partial charge >= 0.3 is 0 Å². The zero-order valence-electron chi connectivity index (χ0n) is 15.1. The van der Waals surface area contributed by atoms with Crippen LogP contribution in [0.1, 0.15) is 38.7 Å². The first-order valence-electron chi connectivity index (χ1n) is 8.67. The molecule has 3 atom stereocenters. The van der Waals surface area contributed by atoms with Gasteiger partial charge in [-0.25, -0.2) is 0 Å². The van der Waals surface area contributed by atoms with E-state index in [1.807, 2.05) is 48.8 Å². The fourth-order valence-corrected chi connectivity index (χ4v) is 3.84. The van der Waals surface area contributed by atoms with E-state index in [1.165, 1.54) is 5.56 Å². The van der Waals surface area contributed by atoms with Gasteiger partial charge in [0.1, 0.15) is 0 Å². The Bertz CT molecular complexity index is 629. The molecule has 0 aromatic heterocycles. The van der Waals surface area contributed by atoms with Crippen molar-refractivity contribution in [2.45, 2.75) is 44.7 Å². The molecule has 0 spiro atoms. The van der Waals surface area contributed by atoms with Gasteiger partial charge in [0.05, 0.1) is 5.92 Å². The summed E-state index contributed by atoms with van der Waals surface area (Å²) in [7, 11) is 0. The Morgan fingerprint density at radius 1 is 1.12 bits per heavy atom. The van der Waals surface area contributed by atoms with Gasteiger partial charge in [-0.1, -0.05) is 30.3 Å². The van der Waals surface area contributed by atoms with Crippen molar-refractivity contribution in [3.05, 3.63) is 35.9 Å². The average molecular weight is 366 g/mol. The van der Waals surface area contributed by atoms with Crippen LogP contribution in [0.2, 0.25) is 0 Å². The van der Waals surface area contributed by atoms with Crippen LogP contribution in [-0.2, 0) is 9.59 Å². The maximum absolute atomic E-state index is 12.9. The quantitative estimate of drug-likeness (QED) is 0.871. The summed E-state index contributed by atoms with van der Waals surface area (Å²) in [5.74, 6) is 0.0809. The van der Waals surface area contributed by atoms with Gasteiger partial charge in [0.25, 0.3) is 0 Å². The second-order valence-corrected chi connectivity index (χ2v) is 8.00. The fraction of sp³-hybridized carbons (Fsp3) is 0.579. The minimum absolute atomic E-state index is 0. The molecule has 1 unspecified atom stereocenters. The normalized spacial score (nSPS) is 26.7. The summed E-state index contributed by atoms with van der Waals surface area (Å²) in [5, 5.41) is 0. The summed E-state index contributed by atoms with van der Waals surface area (Å²) in [6.07, 6.45) is 0.317. The van der Waals surface area contributed by atoms with Gasteiger partial charge in [-0.15, -0.1) is 12.4 Å². The van der Waals surface area contributed by atoms with E-state index in [-0.39, 0.29) is 47.6 Å².